The molecule has 21 heavy (non-hydrogen) atoms. The molecule has 0 amide bonds. The van der Waals surface area contributed by atoms with E-state index in [1.165, 1.54) is 37.2 Å². The molecule has 0 atom stereocenters. The lowest BCUT2D eigenvalue weighted by molar-refractivity contribution is 0.515. The summed E-state index contributed by atoms with van der Waals surface area (Å²) in [6.45, 7) is 4.20. The van der Waals surface area contributed by atoms with Gasteiger partial charge in [0, 0.05) is 25.1 Å². The van der Waals surface area contributed by atoms with Crippen LogP contribution in [0.5, 0.6) is 0 Å². The third kappa shape index (κ3) is 4.50. The van der Waals surface area contributed by atoms with Gasteiger partial charge in [0.05, 0.1) is 0 Å². The Morgan fingerprint density at radius 3 is 2.48 bits per heavy atom. The van der Waals surface area contributed by atoms with Crippen molar-refractivity contribution in [1.82, 2.24) is 9.97 Å². The van der Waals surface area contributed by atoms with Crippen molar-refractivity contribution in [2.24, 2.45) is 5.92 Å². The Hall–Kier alpha value is -0.970. The molecule has 0 aromatic carbocycles. The van der Waals surface area contributed by atoms with Crippen LogP contribution in [0.1, 0.15) is 50.8 Å². The number of thioether (sulfide) groups is 1. The highest BCUT2D eigenvalue weighted by Gasteiger charge is 2.27. The van der Waals surface area contributed by atoms with E-state index < -0.39 is 0 Å². The summed E-state index contributed by atoms with van der Waals surface area (Å²) in [6.07, 6.45) is 6.27. The Morgan fingerprint density at radius 1 is 1.10 bits per heavy atom. The highest BCUT2D eigenvalue weighted by molar-refractivity contribution is 7.99. The van der Waals surface area contributed by atoms with E-state index in [0.29, 0.717) is 5.92 Å². The van der Waals surface area contributed by atoms with Crippen molar-refractivity contribution >= 4 is 23.4 Å². The summed E-state index contributed by atoms with van der Waals surface area (Å²) in [6, 6.07) is 2.07. The van der Waals surface area contributed by atoms with Crippen LogP contribution in [0.15, 0.2) is 6.07 Å². The van der Waals surface area contributed by atoms with Gasteiger partial charge in [0.25, 0.3) is 0 Å². The molecule has 5 heteroatoms. The summed E-state index contributed by atoms with van der Waals surface area (Å²) in [4.78, 5) is 9.38. The Balaban J connectivity index is 1.63. The SMILES string of the molecule is CCCNc1cc(NCC2CCSCC2)nc(C2CC2)n1. The van der Waals surface area contributed by atoms with Gasteiger partial charge < -0.3 is 10.6 Å². The van der Waals surface area contributed by atoms with E-state index in [1.54, 1.807) is 0 Å². The van der Waals surface area contributed by atoms with Gasteiger partial charge in [-0.15, -0.1) is 0 Å². The van der Waals surface area contributed by atoms with Gasteiger partial charge in [-0.2, -0.15) is 11.8 Å². The Kier molecular flexibility index (Phi) is 5.22. The van der Waals surface area contributed by atoms with Crippen LogP contribution < -0.4 is 10.6 Å². The number of nitrogens with one attached hydrogen (secondary N) is 2. The van der Waals surface area contributed by atoms with E-state index in [9.17, 15) is 0 Å². The second kappa shape index (κ2) is 7.34. The fourth-order valence-electron chi connectivity index (χ4n) is 2.62. The van der Waals surface area contributed by atoms with Crippen LogP contribution in [0.25, 0.3) is 0 Å². The molecule has 0 unspecified atom stereocenters. The van der Waals surface area contributed by atoms with Gasteiger partial charge in [-0.1, -0.05) is 6.92 Å². The highest BCUT2D eigenvalue weighted by atomic mass is 32.2. The van der Waals surface area contributed by atoms with E-state index in [2.05, 4.69) is 40.4 Å². The summed E-state index contributed by atoms with van der Waals surface area (Å²) in [7, 11) is 0. The zero-order valence-electron chi connectivity index (χ0n) is 12.9. The summed E-state index contributed by atoms with van der Waals surface area (Å²) >= 11 is 2.08. The maximum atomic E-state index is 4.72. The topological polar surface area (TPSA) is 49.8 Å². The van der Waals surface area contributed by atoms with Gasteiger partial charge in [-0.05, 0) is 49.5 Å². The molecule has 116 valence electrons. The maximum absolute atomic E-state index is 4.72. The molecule has 1 aliphatic carbocycles. The van der Waals surface area contributed by atoms with Gasteiger partial charge in [-0.3, -0.25) is 0 Å². The average molecular weight is 306 g/mol. The van der Waals surface area contributed by atoms with Gasteiger partial charge in [0.15, 0.2) is 0 Å². The molecule has 1 aromatic heterocycles. The largest absolute Gasteiger partial charge is 0.370 e. The molecule has 1 saturated heterocycles. The van der Waals surface area contributed by atoms with Crippen molar-refractivity contribution in [1.29, 1.82) is 0 Å². The lowest BCUT2D eigenvalue weighted by Gasteiger charge is -2.22. The van der Waals surface area contributed by atoms with E-state index in [4.69, 9.17) is 4.98 Å². The number of hydrogen-bond donors (Lipinski definition) is 2. The van der Waals surface area contributed by atoms with E-state index in [0.717, 1.165) is 42.9 Å². The lowest BCUT2D eigenvalue weighted by atomic mass is 10.0. The zero-order valence-corrected chi connectivity index (χ0v) is 13.7. The molecule has 0 spiro atoms. The van der Waals surface area contributed by atoms with Crippen molar-refractivity contribution < 1.29 is 0 Å². The first kappa shape index (κ1) is 14.9. The predicted molar refractivity (Wildman–Crippen MR) is 91.3 cm³/mol. The minimum atomic E-state index is 0.597. The second-order valence-electron chi connectivity index (χ2n) is 6.13. The first-order valence-electron chi connectivity index (χ1n) is 8.29. The monoisotopic (exact) mass is 306 g/mol. The van der Waals surface area contributed by atoms with Crippen LogP contribution in [-0.4, -0.2) is 34.6 Å². The molecule has 2 fully saturated rings. The first-order valence-corrected chi connectivity index (χ1v) is 9.45. The first-order chi connectivity index (χ1) is 10.3. The fraction of sp³-hybridized carbons (Fsp3) is 0.750. The molecule has 4 nitrogen and oxygen atoms in total. The molecular formula is C16H26N4S. The Bertz CT molecular complexity index is 456. The number of aromatic nitrogens is 2. The van der Waals surface area contributed by atoms with Crippen LogP contribution in [0, 0.1) is 5.92 Å². The number of anilines is 2. The predicted octanol–water partition coefficient (Wildman–Crippen LogP) is 3.73. The van der Waals surface area contributed by atoms with Gasteiger partial charge in [0.1, 0.15) is 17.5 Å². The van der Waals surface area contributed by atoms with Crippen LogP contribution in [-0.2, 0) is 0 Å². The van der Waals surface area contributed by atoms with Crippen LogP contribution in [0.2, 0.25) is 0 Å². The quantitative estimate of drug-likeness (QED) is 0.804. The number of hydrogen-bond acceptors (Lipinski definition) is 5. The molecule has 0 radical (unpaired) electrons. The lowest BCUT2D eigenvalue weighted by Crippen LogP contribution is -2.20. The Labute approximate surface area is 131 Å². The van der Waals surface area contributed by atoms with Gasteiger partial charge in [-0.25, -0.2) is 9.97 Å². The van der Waals surface area contributed by atoms with Crippen LogP contribution in [0.3, 0.4) is 0 Å². The molecule has 2 N–H and O–H groups in total. The third-order valence-electron chi connectivity index (χ3n) is 4.15. The fourth-order valence-corrected chi connectivity index (χ4v) is 3.83. The molecule has 2 aliphatic rings. The van der Waals surface area contributed by atoms with Crippen molar-refractivity contribution in [3.63, 3.8) is 0 Å². The maximum Gasteiger partial charge on any atom is 0.136 e. The minimum Gasteiger partial charge on any atom is -0.370 e. The van der Waals surface area contributed by atoms with E-state index in [-0.39, 0.29) is 0 Å². The molecular weight excluding hydrogens is 280 g/mol. The summed E-state index contributed by atoms with van der Waals surface area (Å²) in [5.41, 5.74) is 0. The van der Waals surface area contributed by atoms with E-state index in [1.807, 2.05) is 0 Å². The third-order valence-corrected chi connectivity index (χ3v) is 5.20. The standard InChI is InChI=1S/C16H26N4S/c1-2-7-17-14-10-15(20-16(19-14)13-3-4-13)18-11-12-5-8-21-9-6-12/h10,12-13H,2-9,11H2,1H3,(H2,17,18,19,20). The molecule has 3 rings (SSSR count). The Morgan fingerprint density at radius 2 is 1.81 bits per heavy atom. The minimum absolute atomic E-state index is 0.597. The number of nitrogens with zero attached hydrogens (tertiary/aromatic N) is 2. The summed E-state index contributed by atoms with van der Waals surface area (Å²) in [5, 5.41) is 6.96. The van der Waals surface area contributed by atoms with Crippen molar-refractivity contribution in [2.45, 2.75) is 44.9 Å². The van der Waals surface area contributed by atoms with Gasteiger partial charge in [0.2, 0.25) is 0 Å². The number of rotatable bonds is 7. The molecule has 1 aliphatic heterocycles. The van der Waals surface area contributed by atoms with E-state index >= 15 is 0 Å². The van der Waals surface area contributed by atoms with Crippen molar-refractivity contribution in [3.05, 3.63) is 11.9 Å². The second-order valence-corrected chi connectivity index (χ2v) is 7.36. The highest BCUT2D eigenvalue weighted by Crippen LogP contribution is 2.38. The smallest absolute Gasteiger partial charge is 0.136 e. The molecule has 1 aromatic rings. The van der Waals surface area contributed by atoms with Crippen molar-refractivity contribution in [3.8, 4) is 0 Å². The average Bonchev–Trinajstić information content (AvgIpc) is 3.37. The van der Waals surface area contributed by atoms with Gasteiger partial charge >= 0.3 is 0 Å². The zero-order chi connectivity index (χ0) is 14.5. The van der Waals surface area contributed by atoms with Crippen molar-refractivity contribution in [2.75, 3.05) is 35.2 Å². The molecule has 0 bridgehead atoms. The van der Waals surface area contributed by atoms with Crippen LogP contribution >= 0.6 is 11.8 Å². The molecule has 1 saturated carbocycles. The summed E-state index contributed by atoms with van der Waals surface area (Å²) in [5.74, 6) is 7.04. The summed E-state index contributed by atoms with van der Waals surface area (Å²) < 4.78 is 0. The normalized spacial score (nSPS) is 19.5. The molecule has 2 heterocycles. The van der Waals surface area contributed by atoms with Crippen LogP contribution in [0.4, 0.5) is 11.6 Å².